The number of nitrogens with one attached hydrogen (secondary N) is 1. The lowest BCUT2D eigenvalue weighted by atomic mass is 10.2. The SMILES string of the molecule is COc1ccccc1Oc1ncccc1CNC(=O)Cn1cncn1. The van der Waals surface area contributed by atoms with E-state index in [-0.39, 0.29) is 19.0 Å². The highest BCUT2D eigenvalue weighted by Gasteiger charge is 2.11. The molecular weight excluding hydrogens is 322 g/mol. The second-order valence-corrected chi connectivity index (χ2v) is 5.09. The standard InChI is InChI=1S/C17H17N5O3/c1-24-14-6-2-3-7-15(14)25-17-13(5-4-8-19-17)9-20-16(23)10-22-12-18-11-21-22/h2-8,11-12H,9-10H2,1H3,(H,20,23). The van der Waals surface area contributed by atoms with Gasteiger partial charge in [-0.1, -0.05) is 18.2 Å². The van der Waals surface area contributed by atoms with E-state index in [9.17, 15) is 4.79 Å². The molecule has 0 aliphatic heterocycles. The number of rotatable bonds is 7. The van der Waals surface area contributed by atoms with Gasteiger partial charge in [-0.25, -0.2) is 14.6 Å². The third-order valence-electron chi connectivity index (χ3n) is 3.37. The maximum Gasteiger partial charge on any atom is 0.242 e. The molecule has 2 heterocycles. The van der Waals surface area contributed by atoms with Crippen LogP contribution < -0.4 is 14.8 Å². The molecule has 1 amide bonds. The number of amides is 1. The van der Waals surface area contributed by atoms with Gasteiger partial charge in [-0.3, -0.25) is 4.79 Å². The number of methoxy groups -OCH3 is 1. The number of nitrogens with zero attached hydrogens (tertiary/aromatic N) is 4. The van der Waals surface area contributed by atoms with Crippen molar-refractivity contribution in [2.45, 2.75) is 13.1 Å². The van der Waals surface area contributed by atoms with Crippen LogP contribution in [0.5, 0.6) is 17.4 Å². The van der Waals surface area contributed by atoms with Crippen molar-refractivity contribution in [2.75, 3.05) is 7.11 Å². The van der Waals surface area contributed by atoms with Crippen molar-refractivity contribution in [2.24, 2.45) is 0 Å². The maximum atomic E-state index is 12.0. The van der Waals surface area contributed by atoms with Crippen LogP contribution in [0.15, 0.2) is 55.2 Å². The summed E-state index contributed by atoms with van der Waals surface area (Å²) in [4.78, 5) is 20.0. The van der Waals surface area contributed by atoms with Crippen LogP contribution in [0.4, 0.5) is 0 Å². The summed E-state index contributed by atoms with van der Waals surface area (Å²) in [5.41, 5.74) is 0.750. The highest BCUT2D eigenvalue weighted by Crippen LogP contribution is 2.31. The molecule has 0 aliphatic carbocycles. The van der Waals surface area contributed by atoms with Gasteiger partial charge in [0.15, 0.2) is 11.5 Å². The predicted octanol–water partition coefficient (Wildman–Crippen LogP) is 1.79. The molecule has 2 aromatic heterocycles. The van der Waals surface area contributed by atoms with E-state index in [2.05, 4.69) is 20.4 Å². The van der Waals surface area contributed by atoms with E-state index in [1.54, 1.807) is 31.5 Å². The van der Waals surface area contributed by atoms with Gasteiger partial charge in [0.1, 0.15) is 19.2 Å². The van der Waals surface area contributed by atoms with Crippen LogP contribution in [-0.2, 0) is 17.9 Å². The van der Waals surface area contributed by atoms with Gasteiger partial charge in [-0.2, -0.15) is 5.10 Å². The zero-order valence-corrected chi connectivity index (χ0v) is 13.6. The molecule has 25 heavy (non-hydrogen) atoms. The van der Waals surface area contributed by atoms with Crippen LogP contribution in [0.3, 0.4) is 0 Å². The first kappa shape index (κ1) is 16.4. The quantitative estimate of drug-likeness (QED) is 0.706. The molecular formula is C17H17N5O3. The molecule has 0 bridgehead atoms. The number of para-hydroxylation sites is 2. The minimum Gasteiger partial charge on any atom is -0.493 e. The summed E-state index contributed by atoms with van der Waals surface area (Å²) in [6.07, 6.45) is 4.50. The van der Waals surface area contributed by atoms with Crippen LogP contribution in [0, 0.1) is 0 Å². The van der Waals surface area contributed by atoms with E-state index < -0.39 is 0 Å². The van der Waals surface area contributed by atoms with Crippen molar-refractivity contribution >= 4 is 5.91 Å². The number of hydrogen-bond donors (Lipinski definition) is 1. The monoisotopic (exact) mass is 339 g/mol. The maximum absolute atomic E-state index is 12.0. The molecule has 8 nitrogen and oxygen atoms in total. The molecule has 0 radical (unpaired) electrons. The minimum atomic E-state index is -0.183. The number of benzene rings is 1. The number of pyridine rings is 1. The summed E-state index contributed by atoms with van der Waals surface area (Å²) in [5.74, 6) is 1.39. The van der Waals surface area contributed by atoms with Gasteiger partial charge in [0.25, 0.3) is 0 Å². The van der Waals surface area contributed by atoms with Gasteiger partial charge < -0.3 is 14.8 Å². The Balaban J connectivity index is 1.67. The van der Waals surface area contributed by atoms with Gasteiger partial charge >= 0.3 is 0 Å². The molecule has 1 aromatic carbocycles. The largest absolute Gasteiger partial charge is 0.493 e. The summed E-state index contributed by atoms with van der Waals surface area (Å²) in [7, 11) is 1.58. The molecule has 128 valence electrons. The van der Waals surface area contributed by atoms with Crippen molar-refractivity contribution in [1.82, 2.24) is 25.1 Å². The summed E-state index contributed by atoms with van der Waals surface area (Å²) >= 11 is 0. The van der Waals surface area contributed by atoms with Gasteiger partial charge in [0.2, 0.25) is 11.8 Å². The van der Waals surface area contributed by atoms with Gasteiger partial charge in [-0.15, -0.1) is 0 Å². The summed E-state index contributed by atoms with van der Waals surface area (Å²) in [6.45, 7) is 0.384. The second kappa shape index (κ2) is 7.91. The Bertz CT molecular complexity index is 836. The average molecular weight is 339 g/mol. The molecule has 0 aliphatic rings. The van der Waals surface area contributed by atoms with Crippen molar-refractivity contribution in [3.8, 4) is 17.4 Å². The highest BCUT2D eigenvalue weighted by atomic mass is 16.5. The van der Waals surface area contributed by atoms with E-state index in [1.807, 2.05) is 18.2 Å². The fourth-order valence-electron chi connectivity index (χ4n) is 2.17. The summed E-state index contributed by atoms with van der Waals surface area (Å²) in [5, 5.41) is 6.71. The van der Waals surface area contributed by atoms with Gasteiger partial charge in [0, 0.05) is 18.3 Å². The first-order valence-electron chi connectivity index (χ1n) is 7.60. The third-order valence-corrected chi connectivity index (χ3v) is 3.37. The van der Waals surface area contributed by atoms with Crippen LogP contribution in [-0.4, -0.2) is 32.8 Å². The molecule has 0 spiro atoms. The highest BCUT2D eigenvalue weighted by molar-refractivity contribution is 5.75. The van der Waals surface area contributed by atoms with Crippen LogP contribution in [0.1, 0.15) is 5.56 Å². The zero-order chi connectivity index (χ0) is 17.5. The minimum absolute atomic E-state index is 0.100. The van der Waals surface area contributed by atoms with E-state index in [4.69, 9.17) is 9.47 Å². The Kier molecular flexibility index (Phi) is 5.20. The predicted molar refractivity (Wildman–Crippen MR) is 89.2 cm³/mol. The second-order valence-electron chi connectivity index (χ2n) is 5.09. The molecule has 0 saturated heterocycles. The molecule has 1 N–H and O–H groups in total. The van der Waals surface area contributed by atoms with E-state index >= 15 is 0 Å². The number of hydrogen-bond acceptors (Lipinski definition) is 6. The lowest BCUT2D eigenvalue weighted by Crippen LogP contribution is -2.27. The molecule has 0 atom stereocenters. The van der Waals surface area contributed by atoms with Crippen molar-refractivity contribution in [1.29, 1.82) is 0 Å². The number of aromatic nitrogens is 4. The van der Waals surface area contributed by atoms with Crippen molar-refractivity contribution in [3.05, 3.63) is 60.8 Å². The van der Waals surface area contributed by atoms with Gasteiger partial charge in [-0.05, 0) is 18.2 Å². The number of carbonyl (C=O) groups is 1. The van der Waals surface area contributed by atoms with Crippen LogP contribution >= 0.6 is 0 Å². The fourth-order valence-corrected chi connectivity index (χ4v) is 2.17. The van der Waals surface area contributed by atoms with Crippen LogP contribution in [0.25, 0.3) is 0 Å². The number of ether oxygens (including phenoxy) is 2. The smallest absolute Gasteiger partial charge is 0.242 e. The Hall–Kier alpha value is -3.42. The topological polar surface area (TPSA) is 91.2 Å². The first-order chi connectivity index (χ1) is 12.3. The van der Waals surface area contributed by atoms with Crippen molar-refractivity contribution in [3.63, 3.8) is 0 Å². The first-order valence-corrected chi connectivity index (χ1v) is 7.60. The Morgan fingerprint density at radius 1 is 1.20 bits per heavy atom. The summed E-state index contributed by atoms with van der Waals surface area (Å²) < 4.78 is 12.6. The van der Waals surface area contributed by atoms with Crippen molar-refractivity contribution < 1.29 is 14.3 Å². The Morgan fingerprint density at radius 3 is 2.80 bits per heavy atom. The Morgan fingerprint density at radius 2 is 2.04 bits per heavy atom. The number of carbonyl (C=O) groups excluding carboxylic acids is 1. The molecule has 0 unspecified atom stereocenters. The van der Waals surface area contributed by atoms with E-state index in [1.165, 1.54) is 17.3 Å². The molecule has 8 heteroatoms. The van der Waals surface area contributed by atoms with E-state index in [0.29, 0.717) is 17.4 Å². The Labute approximate surface area is 144 Å². The lowest BCUT2D eigenvalue weighted by Gasteiger charge is -2.12. The fraction of sp³-hybridized carbons (Fsp3) is 0.176. The van der Waals surface area contributed by atoms with Gasteiger partial charge in [0.05, 0.1) is 7.11 Å². The molecule has 0 fully saturated rings. The molecule has 0 saturated carbocycles. The zero-order valence-electron chi connectivity index (χ0n) is 13.6. The lowest BCUT2D eigenvalue weighted by molar-refractivity contribution is -0.122. The normalized spacial score (nSPS) is 10.3. The molecule has 3 rings (SSSR count). The summed E-state index contributed by atoms with van der Waals surface area (Å²) in [6, 6.07) is 10.9. The van der Waals surface area contributed by atoms with E-state index in [0.717, 1.165) is 5.56 Å². The third kappa shape index (κ3) is 4.31. The average Bonchev–Trinajstić information content (AvgIpc) is 3.14. The van der Waals surface area contributed by atoms with Crippen LogP contribution in [0.2, 0.25) is 0 Å². The molecule has 3 aromatic rings.